The summed E-state index contributed by atoms with van der Waals surface area (Å²) in [5, 5.41) is 7.38. The fourth-order valence-electron chi connectivity index (χ4n) is 6.25. The van der Waals surface area contributed by atoms with Gasteiger partial charge in [0.15, 0.2) is 6.04 Å². The first-order valence-electron chi connectivity index (χ1n) is 14.4. The highest BCUT2D eigenvalue weighted by atomic mass is 35.5. The van der Waals surface area contributed by atoms with Gasteiger partial charge in [-0.2, -0.15) is 0 Å². The van der Waals surface area contributed by atoms with E-state index in [9.17, 15) is 4.91 Å². The van der Waals surface area contributed by atoms with E-state index in [2.05, 4.69) is 60.1 Å². The van der Waals surface area contributed by atoms with Crippen molar-refractivity contribution in [3.63, 3.8) is 0 Å². The van der Waals surface area contributed by atoms with Gasteiger partial charge in [0.05, 0.1) is 24.5 Å². The molecule has 0 bridgehead atoms. The Hall–Kier alpha value is -2.95. The number of thiazole rings is 1. The van der Waals surface area contributed by atoms with Crippen LogP contribution in [0, 0.1) is 10.7 Å². The predicted molar refractivity (Wildman–Crippen MR) is 176 cm³/mol. The lowest BCUT2D eigenvalue weighted by Gasteiger charge is -2.43. The van der Waals surface area contributed by atoms with Gasteiger partial charge < -0.3 is 14.1 Å². The van der Waals surface area contributed by atoms with Gasteiger partial charge in [0.1, 0.15) is 15.8 Å². The number of hydrogen-bond donors (Lipinski definition) is 0. The van der Waals surface area contributed by atoms with Crippen molar-refractivity contribution in [2.45, 2.75) is 64.5 Å². The van der Waals surface area contributed by atoms with Crippen molar-refractivity contribution in [3.05, 3.63) is 110 Å². The molecule has 0 N–H and O–H groups in total. The van der Waals surface area contributed by atoms with Gasteiger partial charge in [-0.1, -0.05) is 98.2 Å². The lowest BCUT2D eigenvalue weighted by molar-refractivity contribution is -0.00532. The molecular weight excluding hydrogens is 601 g/mol. The molecule has 1 saturated heterocycles. The van der Waals surface area contributed by atoms with Gasteiger partial charge in [-0.25, -0.2) is 9.37 Å². The molecule has 0 radical (unpaired) electrons. The molecule has 226 valence electrons. The first-order valence-corrected chi connectivity index (χ1v) is 17.6. The molecular formula is C33H37ClFN3O3SSi. The van der Waals surface area contributed by atoms with Crippen molar-refractivity contribution in [1.29, 1.82) is 0 Å². The Morgan fingerprint density at radius 2 is 1.67 bits per heavy atom. The number of rotatable bonds is 9. The van der Waals surface area contributed by atoms with Crippen LogP contribution < -0.4 is 15.3 Å². The van der Waals surface area contributed by atoms with Crippen LogP contribution >= 0.6 is 22.9 Å². The normalized spacial score (nSPS) is 18.4. The SMILES string of the molecule is C[C@@H]1CN(c2c(CO[Si](c3ccccc3)(c3ccccc3)C(C)(C)C)cc(C(N=O)c3nccs3)c(F)c2Cl)C[C@H](C)O1. The number of nitrogens with zero attached hydrogens (tertiary/aromatic N) is 3. The molecule has 0 amide bonds. The minimum atomic E-state index is -2.94. The molecule has 1 fully saturated rings. The number of aromatic nitrogens is 1. The Morgan fingerprint density at radius 3 is 2.16 bits per heavy atom. The third kappa shape index (κ3) is 6.19. The van der Waals surface area contributed by atoms with Crippen molar-refractivity contribution in [2.24, 2.45) is 5.18 Å². The molecule has 1 aliphatic heterocycles. The second kappa shape index (κ2) is 13.0. The summed E-state index contributed by atoms with van der Waals surface area (Å²) in [7, 11) is -2.94. The molecule has 10 heteroatoms. The summed E-state index contributed by atoms with van der Waals surface area (Å²) in [6, 6.07) is 21.3. The Kier molecular flexibility index (Phi) is 9.48. The van der Waals surface area contributed by atoms with E-state index < -0.39 is 20.2 Å². The van der Waals surface area contributed by atoms with Crippen LogP contribution in [0.25, 0.3) is 0 Å². The van der Waals surface area contributed by atoms with Gasteiger partial charge in [0.25, 0.3) is 8.32 Å². The molecule has 0 saturated carbocycles. The van der Waals surface area contributed by atoms with Gasteiger partial charge in [0.2, 0.25) is 0 Å². The smallest absolute Gasteiger partial charge is 0.261 e. The van der Waals surface area contributed by atoms with E-state index in [0.29, 0.717) is 29.3 Å². The second-order valence-corrected chi connectivity index (χ2v) is 17.7. The van der Waals surface area contributed by atoms with Gasteiger partial charge in [0, 0.05) is 35.8 Å². The largest absolute Gasteiger partial charge is 0.403 e. The van der Waals surface area contributed by atoms with Crippen LogP contribution in [0.4, 0.5) is 10.1 Å². The number of ether oxygens (including phenoxy) is 1. The maximum Gasteiger partial charge on any atom is 0.261 e. The zero-order valence-electron chi connectivity index (χ0n) is 25.1. The van der Waals surface area contributed by atoms with Gasteiger partial charge in [-0.3, -0.25) is 0 Å². The summed E-state index contributed by atoms with van der Waals surface area (Å²) in [6.45, 7) is 11.9. The van der Waals surface area contributed by atoms with E-state index in [1.54, 1.807) is 17.6 Å². The summed E-state index contributed by atoms with van der Waals surface area (Å²) < 4.78 is 29.4. The maximum absolute atomic E-state index is 16.2. The van der Waals surface area contributed by atoms with Crippen molar-refractivity contribution in [1.82, 2.24) is 4.98 Å². The molecule has 1 aromatic heterocycles. The van der Waals surface area contributed by atoms with Gasteiger partial charge in [-0.15, -0.1) is 16.2 Å². The lowest BCUT2D eigenvalue weighted by Crippen LogP contribution is -2.66. The number of morpholine rings is 1. The molecule has 1 aliphatic rings. The Balaban J connectivity index is 1.69. The monoisotopic (exact) mass is 637 g/mol. The van der Waals surface area contributed by atoms with Gasteiger partial charge >= 0.3 is 0 Å². The zero-order chi connectivity index (χ0) is 30.8. The molecule has 3 aromatic carbocycles. The molecule has 0 spiro atoms. The highest BCUT2D eigenvalue weighted by molar-refractivity contribution is 7.09. The number of anilines is 1. The molecule has 6 nitrogen and oxygen atoms in total. The van der Waals surface area contributed by atoms with E-state index in [1.807, 2.05) is 50.2 Å². The molecule has 1 unspecified atom stereocenters. The average molecular weight is 638 g/mol. The van der Waals surface area contributed by atoms with Crippen LogP contribution in [0.5, 0.6) is 0 Å². The summed E-state index contributed by atoms with van der Waals surface area (Å²) in [6.07, 6.45) is 1.43. The third-order valence-electron chi connectivity index (χ3n) is 7.97. The molecule has 43 heavy (non-hydrogen) atoms. The number of benzene rings is 3. The summed E-state index contributed by atoms with van der Waals surface area (Å²) in [5.74, 6) is -0.669. The first kappa shape index (κ1) is 31.5. The van der Waals surface area contributed by atoms with Crippen LogP contribution in [0.15, 0.2) is 83.5 Å². The Labute approximate surface area is 262 Å². The third-order valence-corrected chi connectivity index (χ3v) is 14.1. The molecule has 5 rings (SSSR count). The highest BCUT2D eigenvalue weighted by Gasteiger charge is 2.50. The summed E-state index contributed by atoms with van der Waals surface area (Å²) in [5.41, 5.74) is 1.35. The standard InChI is InChI=1S/C33H37ClFN3O3SSi/c1-22-19-38(20-23(2)41-22)31-24(18-27(29(35)28(31)34)30(37-39)32-36-16-17-42-32)21-40-43(33(3,4)5,25-12-8-6-9-13-25)26-14-10-7-11-15-26/h6-18,22-23,30H,19-21H2,1-5H3/t22-,23+,30?. The summed E-state index contributed by atoms with van der Waals surface area (Å²) in [4.78, 5) is 18.5. The van der Waals surface area contributed by atoms with Crippen LogP contribution in [0.1, 0.15) is 56.8 Å². The summed E-state index contributed by atoms with van der Waals surface area (Å²) >= 11 is 8.16. The van der Waals surface area contributed by atoms with Crippen LogP contribution in [0.3, 0.4) is 0 Å². The van der Waals surface area contributed by atoms with Crippen LogP contribution in [0.2, 0.25) is 10.1 Å². The average Bonchev–Trinajstić information content (AvgIpc) is 3.51. The van der Waals surface area contributed by atoms with E-state index in [0.717, 1.165) is 10.4 Å². The second-order valence-electron chi connectivity index (χ2n) is 12.1. The highest BCUT2D eigenvalue weighted by Crippen LogP contribution is 2.43. The van der Waals surface area contributed by atoms with Crippen LogP contribution in [-0.2, 0) is 15.8 Å². The van der Waals surface area contributed by atoms with E-state index in [1.165, 1.54) is 11.3 Å². The number of hydrogen-bond acceptors (Lipinski definition) is 7. The zero-order valence-corrected chi connectivity index (χ0v) is 27.7. The molecule has 2 heterocycles. The van der Waals surface area contributed by atoms with E-state index in [-0.39, 0.29) is 34.4 Å². The minimum absolute atomic E-state index is 0.0509. The van der Waals surface area contributed by atoms with Gasteiger partial charge in [-0.05, 0) is 35.3 Å². The lowest BCUT2D eigenvalue weighted by atomic mass is 10.0. The first-order chi connectivity index (χ1) is 20.6. The van der Waals surface area contributed by atoms with Crippen molar-refractivity contribution < 1.29 is 13.6 Å². The Morgan fingerprint density at radius 1 is 1.09 bits per heavy atom. The predicted octanol–water partition coefficient (Wildman–Crippen LogP) is 7.48. The minimum Gasteiger partial charge on any atom is -0.403 e. The van der Waals surface area contributed by atoms with Crippen LogP contribution in [-0.4, -0.2) is 38.6 Å². The van der Waals surface area contributed by atoms with Crippen molar-refractivity contribution >= 4 is 47.3 Å². The van der Waals surface area contributed by atoms with Crippen molar-refractivity contribution in [3.8, 4) is 0 Å². The van der Waals surface area contributed by atoms with E-state index >= 15 is 4.39 Å². The topological polar surface area (TPSA) is 64.0 Å². The Bertz CT molecular complexity index is 1490. The quantitative estimate of drug-likeness (QED) is 0.141. The number of halogens is 2. The molecule has 0 aliphatic carbocycles. The number of nitroso groups, excluding NO2 is 1. The maximum atomic E-state index is 16.2. The molecule has 4 aromatic rings. The van der Waals surface area contributed by atoms with E-state index in [4.69, 9.17) is 20.8 Å². The van der Waals surface area contributed by atoms with Crippen molar-refractivity contribution in [2.75, 3.05) is 18.0 Å². The molecule has 3 atom stereocenters. The fourth-order valence-corrected chi connectivity index (χ4v) is 11.8. The fraction of sp³-hybridized carbons (Fsp3) is 0.364.